The summed E-state index contributed by atoms with van der Waals surface area (Å²) in [6.07, 6.45) is 9.81. The Bertz CT molecular complexity index is 188. The van der Waals surface area contributed by atoms with E-state index >= 15 is 0 Å². The highest BCUT2D eigenvalue weighted by atomic mass is 35.5. The average molecular weight is 246 g/mol. The molecular weight excluding hydrogens is 222 g/mol. The lowest BCUT2D eigenvalue weighted by Crippen LogP contribution is -2.37. The molecule has 1 aliphatic heterocycles. The van der Waals surface area contributed by atoms with Crippen LogP contribution in [-0.4, -0.2) is 42.6 Å². The maximum absolute atomic E-state index is 5.90. The lowest BCUT2D eigenvalue weighted by Gasteiger charge is -2.28. The highest BCUT2D eigenvalue weighted by Crippen LogP contribution is 2.24. The van der Waals surface area contributed by atoms with E-state index in [-0.39, 0.29) is 0 Å². The van der Waals surface area contributed by atoms with Gasteiger partial charge in [-0.2, -0.15) is 0 Å². The number of hydrogen-bond donors (Lipinski definition) is 0. The van der Waals surface area contributed by atoms with Crippen molar-refractivity contribution < 1.29 is 4.74 Å². The molecule has 1 saturated heterocycles. The van der Waals surface area contributed by atoms with E-state index in [4.69, 9.17) is 16.3 Å². The van der Waals surface area contributed by atoms with Crippen LogP contribution < -0.4 is 0 Å². The summed E-state index contributed by atoms with van der Waals surface area (Å²) in [6.45, 7) is 3.21. The van der Waals surface area contributed by atoms with Crippen LogP contribution in [0.5, 0.6) is 0 Å². The van der Waals surface area contributed by atoms with Crippen LogP contribution in [-0.2, 0) is 4.74 Å². The van der Waals surface area contributed by atoms with Crippen LogP contribution in [0.25, 0.3) is 0 Å². The minimum absolute atomic E-state index is 0.527. The van der Waals surface area contributed by atoms with Gasteiger partial charge in [-0.25, -0.2) is 0 Å². The fourth-order valence-electron chi connectivity index (χ4n) is 3.04. The Labute approximate surface area is 104 Å². The zero-order valence-corrected chi connectivity index (χ0v) is 10.9. The van der Waals surface area contributed by atoms with E-state index < -0.39 is 0 Å². The van der Waals surface area contributed by atoms with Crippen LogP contribution in [0.3, 0.4) is 0 Å². The molecule has 1 unspecified atom stereocenters. The molecule has 1 atom stereocenters. The number of halogens is 1. The molecule has 1 heterocycles. The molecule has 1 saturated carbocycles. The molecule has 2 rings (SSSR count). The first-order chi connectivity index (χ1) is 7.90. The van der Waals surface area contributed by atoms with Crippen LogP contribution in [0.4, 0.5) is 0 Å². The normalized spacial score (nSPS) is 27.0. The summed E-state index contributed by atoms with van der Waals surface area (Å²) in [5, 5.41) is 0. The second-order valence-electron chi connectivity index (χ2n) is 5.09. The Balaban J connectivity index is 1.72. The van der Waals surface area contributed by atoms with Gasteiger partial charge < -0.3 is 4.74 Å². The number of nitrogens with zero attached hydrogens (tertiary/aromatic N) is 1. The van der Waals surface area contributed by atoms with Gasteiger partial charge in [0.2, 0.25) is 0 Å². The van der Waals surface area contributed by atoms with Crippen molar-refractivity contribution in [1.29, 1.82) is 0 Å². The first-order valence-corrected chi connectivity index (χ1v) is 7.35. The van der Waals surface area contributed by atoms with Gasteiger partial charge in [-0.05, 0) is 32.1 Å². The van der Waals surface area contributed by atoms with Gasteiger partial charge in [-0.15, -0.1) is 11.6 Å². The van der Waals surface area contributed by atoms with Crippen LogP contribution >= 0.6 is 11.6 Å². The summed E-state index contributed by atoms with van der Waals surface area (Å²) in [6, 6.07) is 0.806. The van der Waals surface area contributed by atoms with E-state index in [9.17, 15) is 0 Å². The molecule has 0 bridgehead atoms. The lowest BCUT2D eigenvalue weighted by atomic mass is 10.1. The van der Waals surface area contributed by atoms with Crippen molar-refractivity contribution >= 4 is 11.6 Å². The fraction of sp³-hybridized carbons (Fsp3) is 1.00. The van der Waals surface area contributed by atoms with E-state index in [1.165, 1.54) is 51.5 Å². The van der Waals surface area contributed by atoms with Crippen LogP contribution in [0, 0.1) is 0 Å². The van der Waals surface area contributed by atoms with E-state index in [0.717, 1.165) is 25.1 Å². The molecule has 0 radical (unpaired) electrons. The maximum atomic E-state index is 5.90. The number of rotatable bonds is 6. The third-order valence-electron chi connectivity index (χ3n) is 3.98. The first-order valence-electron chi connectivity index (χ1n) is 6.82. The minimum atomic E-state index is 0.527. The van der Waals surface area contributed by atoms with Gasteiger partial charge >= 0.3 is 0 Å². The summed E-state index contributed by atoms with van der Waals surface area (Å²) in [5.74, 6) is 0.766. The largest absolute Gasteiger partial charge is 0.378 e. The lowest BCUT2D eigenvalue weighted by molar-refractivity contribution is 0.0859. The van der Waals surface area contributed by atoms with E-state index in [0.29, 0.717) is 6.10 Å². The van der Waals surface area contributed by atoms with Gasteiger partial charge in [-0.3, -0.25) is 4.90 Å². The summed E-state index contributed by atoms with van der Waals surface area (Å²) >= 11 is 5.90. The van der Waals surface area contributed by atoms with Gasteiger partial charge in [0.15, 0.2) is 0 Å². The van der Waals surface area contributed by atoms with E-state index in [1.807, 2.05) is 0 Å². The molecule has 0 aromatic heterocycles. The topological polar surface area (TPSA) is 12.5 Å². The van der Waals surface area contributed by atoms with E-state index in [1.54, 1.807) is 0 Å². The highest BCUT2D eigenvalue weighted by molar-refractivity contribution is 6.18. The molecular formula is C13H24ClNO. The van der Waals surface area contributed by atoms with Gasteiger partial charge in [0, 0.05) is 31.6 Å². The van der Waals surface area contributed by atoms with Crippen molar-refractivity contribution in [2.24, 2.45) is 0 Å². The maximum Gasteiger partial charge on any atom is 0.0588 e. The minimum Gasteiger partial charge on any atom is -0.378 e. The van der Waals surface area contributed by atoms with Crippen molar-refractivity contribution in [3.05, 3.63) is 0 Å². The van der Waals surface area contributed by atoms with Crippen molar-refractivity contribution in [3.63, 3.8) is 0 Å². The standard InChI is InChI=1S/C13H24ClNO/c14-8-10-15(12-4-1-2-5-12)9-7-13-6-3-11-16-13/h12-13H,1-11H2. The summed E-state index contributed by atoms with van der Waals surface area (Å²) < 4.78 is 5.68. The predicted molar refractivity (Wildman–Crippen MR) is 68.1 cm³/mol. The first kappa shape index (κ1) is 12.7. The molecule has 3 heteroatoms. The molecule has 0 spiro atoms. The summed E-state index contributed by atoms with van der Waals surface area (Å²) in [7, 11) is 0. The Kier molecular flexibility index (Phi) is 5.40. The second-order valence-corrected chi connectivity index (χ2v) is 5.46. The molecule has 2 aliphatic rings. The predicted octanol–water partition coefficient (Wildman–Crippen LogP) is 3.04. The molecule has 2 fully saturated rings. The molecule has 0 aromatic carbocycles. The van der Waals surface area contributed by atoms with Gasteiger partial charge in [0.05, 0.1) is 6.10 Å². The monoisotopic (exact) mass is 245 g/mol. The molecule has 94 valence electrons. The number of alkyl halides is 1. The second kappa shape index (κ2) is 6.83. The van der Waals surface area contributed by atoms with Crippen LogP contribution in [0.2, 0.25) is 0 Å². The van der Waals surface area contributed by atoms with Crippen molar-refractivity contribution in [2.45, 2.75) is 57.1 Å². The summed E-state index contributed by atoms with van der Waals surface area (Å²) in [5.41, 5.74) is 0. The quantitative estimate of drug-likeness (QED) is 0.667. The Morgan fingerprint density at radius 3 is 2.50 bits per heavy atom. The fourth-order valence-corrected chi connectivity index (χ4v) is 3.25. The zero-order valence-electron chi connectivity index (χ0n) is 10.2. The Morgan fingerprint density at radius 1 is 1.06 bits per heavy atom. The molecule has 0 N–H and O–H groups in total. The number of hydrogen-bond acceptors (Lipinski definition) is 2. The molecule has 16 heavy (non-hydrogen) atoms. The average Bonchev–Trinajstić information content (AvgIpc) is 2.96. The smallest absolute Gasteiger partial charge is 0.0588 e. The summed E-state index contributed by atoms with van der Waals surface area (Å²) in [4.78, 5) is 2.60. The Hall–Kier alpha value is 0.210. The third kappa shape index (κ3) is 3.61. The van der Waals surface area contributed by atoms with Crippen LogP contribution in [0.1, 0.15) is 44.9 Å². The van der Waals surface area contributed by atoms with Gasteiger partial charge in [0.1, 0.15) is 0 Å². The zero-order chi connectivity index (χ0) is 11.2. The van der Waals surface area contributed by atoms with E-state index in [2.05, 4.69) is 4.90 Å². The van der Waals surface area contributed by atoms with Crippen molar-refractivity contribution in [2.75, 3.05) is 25.6 Å². The number of ether oxygens (including phenoxy) is 1. The van der Waals surface area contributed by atoms with Crippen molar-refractivity contribution in [1.82, 2.24) is 4.90 Å². The van der Waals surface area contributed by atoms with Crippen LogP contribution in [0.15, 0.2) is 0 Å². The van der Waals surface area contributed by atoms with Gasteiger partial charge in [0.25, 0.3) is 0 Å². The third-order valence-corrected chi connectivity index (χ3v) is 4.14. The Morgan fingerprint density at radius 2 is 1.88 bits per heavy atom. The van der Waals surface area contributed by atoms with Gasteiger partial charge in [-0.1, -0.05) is 12.8 Å². The van der Waals surface area contributed by atoms with Crippen molar-refractivity contribution in [3.8, 4) is 0 Å². The highest BCUT2D eigenvalue weighted by Gasteiger charge is 2.23. The molecule has 1 aliphatic carbocycles. The molecule has 0 aromatic rings. The SMILES string of the molecule is ClCCN(CCC1CCCO1)C1CCCC1. The molecule has 0 amide bonds. The molecule has 2 nitrogen and oxygen atoms in total.